The average molecular weight is 221 g/mol. The fourth-order valence-corrected chi connectivity index (χ4v) is 1.13. The van der Waals surface area contributed by atoms with E-state index in [1.165, 1.54) is 0 Å². The summed E-state index contributed by atoms with van der Waals surface area (Å²) in [6, 6.07) is 0. The highest BCUT2D eigenvalue weighted by molar-refractivity contribution is 6.31. The molecule has 0 bridgehead atoms. The molecule has 0 saturated carbocycles. The molecule has 3 nitrogen and oxygen atoms in total. The number of aliphatic hydroxyl groups is 1. The largest absolute Gasteiger partial charge is 0.462 e. The van der Waals surface area contributed by atoms with E-state index in [1.54, 1.807) is 13.8 Å². The molecule has 0 aliphatic heterocycles. The zero-order chi connectivity index (χ0) is 11.1. The molecule has 82 valence electrons. The highest BCUT2D eigenvalue weighted by Crippen LogP contribution is 2.16. The minimum Gasteiger partial charge on any atom is -0.462 e. The summed E-state index contributed by atoms with van der Waals surface area (Å²) in [6.07, 6.45) is 0.526. The van der Waals surface area contributed by atoms with Gasteiger partial charge in [0.15, 0.2) is 0 Å². The van der Waals surface area contributed by atoms with Gasteiger partial charge >= 0.3 is 5.97 Å². The van der Waals surface area contributed by atoms with Crippen LogP contribution in [0.4, 0.5) is 0 Å². The van der Waals surface area contributed by atoms with Crippen LogP contribution in [0, 0.1) is 0 Å². The third-order valence-corrected chi connectivity index (χ3v) is 2.06. The lowest BCUT2D eigenvalue weighted by Crippen LogP contribution is -2.09. The van der Waals surface area contributed by atoms with Crippen molar-refractivity contribution in [2.75, 3.05) is 6.61 Å². The van der Waals surface area contributed by atoms with E-state index in [9.17, 15) is 4.79 Å². The van der Waals surface area contributed by atoms with Gasteiger partial charge in [0.1, 0.15) is 0 Å². The number of halogens is 1. The van der Waals surface area contributed by atoms with Crippen molar-refractivity contribution in [2.45, 2.75) is 39.7 Å². The van der Waals surface area contributed by atoms with Gasteiger partial charge in [-0.05, 0) is 20.3 Å². The Balaban J connectivity index is 4.25. The van der Waals surface area contributed by atoms with Crippen LogP contribution in [0.25, 0.3) is 0 Å². The molecule has 0 heterocycles. The number of hydrogen-bond acceptors (Lipinski definition) is 3. The van der Waals surface area contributed by atoms with Crippen LogP contribution in [-0.4, -0.2) is 23.8 Å². The second-order valence-electron chi connectivity index (χ2n) is 3.22. The van der Waals surface area contributed by atoms with Gasteiger partial charge in [-0.1, -0.05) is 18.5 Å². The number of aliphatic hydroxyl groups excluding tert-OH is 1. The number of esters is 1. The Labute approximate surface area is 89.7 Å². The van der Waals surface area contributed by atoms with E-state index >= 15 is 0 Å². The molecular weight excluding hydrogens is 204 g/mol. The van der Waals surface area contributed by atoms with Gasteiger partial charge in [0.2, 0.25) is 0 Å². The Morgan fingerprint density at radius 2 is 2.14 bits per heavy atom. The van der Waals surface area contributed by atoms with E-state index in [4.69, 9.17) is 21.4 Å². The summed E-state index contributed by atoms with van der Waals surface area (Å²) in [4.78, 5) is 11.3. The van der Waals surface area contributed by atoms with Crippen molar-refractivity contribution < 1.29 is 14.6 Å². The standard InChI is InChI=1S/C10H17ClO3/c1-4-5-14-10(13)8(3)9(11)6-7(2)12/h7,12H,4-6H2,1-3H3. The number of rotatable bonds is 5. The van der Waals surface area contributed by atoms with Crippen molar-refractivity contribution in [1.82, 2.24) is 0 Å². The van der Waals surface area contributed by atoms with Gasteiger partial charge in [-0.2, -0.15) is 0 Å². The number of ether oxygens (including phenoxy) is 1. The topological polar surface area (TPSA) is 46.5 Å². The third-order valence-electron chi connectivity index (χ3n) is 1.62. The zero-order valence-electron chi connectivity index (χ0n) is 8.84. The molecule has 1 N–H and O–H groups in total. The van der Waals surface area contributed by atoms with Gasteiger partial charge in [0.25, 0.3) is 0 Å². The first-order valence-electron chi connectivity index (χ1n) is 4.69. The molecule has 0 radical (unpaired) electrons. The SMILES string of the molecule is CCCOC(=O)C(C)=C(Cl)CC(C)O. The maximum atomic E-state index is 11.3. The summed E-state index contributed by atoms with van der Waals surface area (Å²) in [6.45, 7) is 5.54. The summed E-state index contributed by atoms with van der Waals surface area (Å²) in [7, 11) is 0. The molecule has 0 rings (SSSR count). The average Bonchev–Trinajstić information content (AvgIpc) is 2.11. The molecule has 1 atom stereocenters. The maximum absolute atomic E-state index is 11.3. The second-order valence-corrected chi connectivity index (χ2v) is 3.68. The first-order valence-corrected chi connectivity index (χ1v) is 5.07. The van der Waals surface area contributed by atoms with Crippen LogP contribution in [0.1, 0.15) is 33.6 Å². The van der Waals surface area contributed by atoms with Crippen LogP contribution in [0.5, 0.6) is 0 Å². The molecule has 0 aliphatic carbocycles. The van der Waals surface area contributed by atoms with Gasteiger partial charge in [0, 0.05) is 17.0 Å². The normalized spacial score (nSPS) is 14.6. The lowest BCUT2D eigenvalue weighted by Gasteiger charge is -2.07. The molecule has 0 aromatic rings. The summed E-state index contributed by atoms with van der Waals surface area (Å²) in [5, 5.41) is 9.42. The fraction of sp³-hybridized carbons (Fsp3) is 0.700. The van der Waals surface area contributed by atoms with Gasteiger partial charge in [-0.3, -0.25) is 0 Å². The predicted molar refractivity (Wildman–Crippen MR) is 56.1 cm³/mol. The molecule has 0 aliphatic rings. The van der Waals surface area contributed by atoms with Crippen LogP contribution >= 0.6 is 11.6 Å². The Morgan fingerprint density at radius 3 is 2.57 bits per heavy atom. The summed E-state index contributed by atoms with van der Waals surface area (Å²) < 4.78 is 4.89. The molecule has 0 fully saturated rings. The van der Waals surface area contributed by atoms with Gasteiger partial charge in [-0.15, -0.1) is 0 Å². The fourth-order valence-electron chi connectivity index (χ4n) is 0.826. The minimum absolute atomic E-state index is 0.286. The van der Waals surface area contributed by atoms with E-state index in [-0.39, 0.29) is 6.42 Å². The smallest absolute Gasteiger partial charge is 0.334 e. The van der Waals surface area contributed by atoms with Crippen molar-refractivity contribution in [3.05, 3.63) is 10.6 Å². The monoisotopic (exact) mass is 220 g/mol. The molecule has 0 aromatic carbocycles. The quantitative estimate of drug-likeness (QED) is 0.571. The van der Waals surface area contributed by atoms with Crippen LogP contribution in [-0.2, 0) is 9.53 Å². The molecular formula is C10H17ClO3. The van der Waals surface area contributed by atoms with Crippen LogP contribution in [0.15, 0.2) is 10.6 Å². The summed E-state index contributed by atoms with van der Waals surface area (Å²) in [5.74, 6) is -0.405. The Hall–Kier alpha value is -0.540. The first-order chi connectivity index (χ1) is 6.49. The number of carbonyl (C=O) groups is 1. The van der Waals surface area contributed by atoms with Crippen LogP contribution in [0.2, 0.25) is 0 Å². The molecule has 4 heteroatoms. The van der Waals surface area contributed by atoms with Crippen molar-refractivity contribution in [3.8, 4) is 0 Å². The number of hydrogen-bond donors (Lipinski definition) is 1. The second kappa shape index (κ2) is 6.85. The van der Waals surface area contributed by atoms with Gasteiger partial charge in [-0.25, -0.2) is 4.79 Å². The van der Waals surface area contributed by atoms with E-state index in [2.05, 4.69) is 0 Å². The maximum Gasteiger partial charge on any atom is 0.334 e. The van der Waals surface area contributed by atoms with E-state index in [0.29, 0.717) is 17.2 Å². The molecule has 0 saturated heterocycles. The van der Waals surface area contributed by atoms with Crippen molar-refractivity contribution in [1.29, 1.82) is 0 Å². The lowest BCUT2D eigenvalue weighted by atomic mass is 10.2. The molecule has 14 heavy (non-hydrogen) atoms. The van der Waals surface area contributed by atoms with Crippen LogP contribution < -0.4 is 0 Å². The summed E-state index contributed by atoms with van der Waals surface area (Å²) >= 11 is 5.82. The van der Waals surface area contributed by atoms with Crippen LogP contribution in [0.3, 0.4) is 0 Å². The van der Waals surface area contributed by atoms with E-state index < -0.39 is 12.1 Å². The van der Waals surface area contributed by atoms with Crippen molar-refractivity contribution in [3.63, 3.8) is 0 Å². The number of carbonyl (C=O) groups excluding carboxylic acids is 1. The molecule has 1 unspecified atom stereocenters. The zero-order valence-corrected chi connectivity index (χ0v) is 9.60. The first kappa shape index (κ1) is 13.5. The minimum atomic E-state index is -0.545. The Bertz CT molecular complexity index is 221. The molecule has 0 spiro atoms. The summed E-state index contributed by atoms with van der Waals surface area (Å²) in [5.41, 5.74) is 0.376. The Morgan fingerprint density at radius 1 is 1.57 bits per heavy atom. The van der Waals surface area contributed by atoms with Gasteiger partial charge < -0.3 is 9.84 Å². The predicted octanol–water partition coefficient (Wildman–Crippen LogP) is 2.22. The molecule has 0 aromatic heterocycles. The lowest BCUT2D eigenvalue weighted by molar-refractivity contribution is -0.139. The van der Waals surface area contributed by atoms with Crippen molar-refractivity contribution >= 4 is 17.6 Å². The van der Waals surface area contributed by atoms with Crippen molar-refractivity contribution in [2.24, 2.45) is 0 Å². The van der Waals surface area contributed by atoms with E-state index in [1.807, 2.05) is 6.92 Å². The van der Waals surface area contributed by atoms with Gasteiger partial charge in [0.05, 0.1) is 12.7 Å². The third kappa shape index (κ3) is 5.25. The Kier molecular flexibility index (Phi) is 6.58. The van der Waals surface area contributed by atoms with E-state index in [0.717, 1.165) is 6.42 Å². The highest BCUT2D eigenvalue weighted by Gasteiger charge is 2.11. The molecule has 0 amide bonds. The highest BCUT2D eigenvalue weighted by atomic mass is 35.5.